The number of aromatic nitrogens is 2. The molecule has 0 radical (unpaired) electrons. The summed E-state index contributed by atoms with van der Waals surface area (Å²) in [5.41, 5.74) is 3.26. The summed E-state index contributed by atoms with van der Waals surface area (Å²) in [6, 6.07) is 7.94. The number of carbonyl (C=O) groups is 1. The Morgan fingerprint density at radius 1 is 1.26 bits per heavy atom. The molecule has 1 unspecified atom stereocenters. The number of fused-ring (bicyclic) bond motifs is 1. The number of hydrogen-bond acceptors (Lipinski definition) is 4. The summed E-state index contributed by atoms with van der Waals surface area (Å²) >= 11 is 0. The van der Waals surface area contributed by atoms with E-state index >= 15 is 0 Å². The average molecular weight is 366 g/mol. The van der Waals surface area contributed by atoms with Crippen LogP contribution < -0.4 is 10.9 Å². The number of hydrogen-bond donors (Lipinski definition) is 1. The molecule has 1 aromatic heterocycles. The molecule has 1 amide bonds. The molecule has 1 atom stereocenters. The van der Waals surface area contributed by atoms with Gasteiger partial charge in [0, 0.05) is 12.6 Å². The van der Waals surface area contributed by atoms with Gasteiger partial charge >= 0.3 is 0 Å². The van der Waals surface area contributed by atoms with Crippen LogP contribution in [0.2, 0.25) is 0 Å². The highest BCUT2D eigenvalue weighted by molar-refractivity contribution is 5.94. The molecular weight excluding hydrogens is 340 g/mol. The van der Waals surface area contributed by atoms with Gasteiger partial charge in [-0.2, -0.15) is 0 Å². The normalized spacial score (nSPS) is 19.2. The Morgan fingerprint density at radius 2 is 2.04 bits per heavy atom. The van der Waals surface area contributed by atoms with Gasteiger partial charge in [0.25, 0.3) is 11.5 Å². The molecule has 2 aliphatic rings. The van der Waals surface area contributed by atoms with Crippen LogP contribution in [0.15, 0.2) is 29.1 Å². The summed E-state index contributed by atoms with van der Waals surface area (Å²) in [4.78, 5) is 31.5. The molecule has 0 aliphatic carbocycles. The Balaban J connectivity index is 1.45. The number of rotatable bonds is 3. The van der Waals surface area contributed by atoms with E-state index < -0.39 is 0 Å². The molecule has 1 fully saturated rings. The van der Waals surface area contributed by atoms with E-state index in [1.807, 2.05) is 19.1 Å². The zero-order chi connectivity index (χ0) is 19.0. The average Bonchev–Trinajstić information content (AvgIpc) is 3.11. The minimum Gasteiger partial charge on any atom is -0.328 e. The van der Waals surface area contributed by atoms with Crippen LogP contribution in [-0.4, -0.2) is 33.4 Å². The molecule has 6 heteroatoms. The fourth-order valence-corrected chi connectivity index (χ4v) is 4.07. The van der Waals surface area contributed by atoms with Crippen molar-refractivity contribution in [3.63, 3.8) is 0 Å². The van der Waals surface area contributed by atoms with Crippen LogP contribution in [0.4, 0.5) is 0 Å². The summed E-state index contributed by atoms with van der Waals surface area (Å²) in [7, 11) is 1.72. The second kappa shape index (κ2) is 7.27. The zero-order valence-corrected chi connectivity index (χ0v) is 16.0. The number of amides is 1. The van der Waals surface area contributed by atoms with E-state index in [1.165, 1.54) is 18.4 Å². The number of benzene rings is 1. The standard InChI is InChI=1S/C21H26N4O2/c1-14-23-19-13-25(12-18(19)21(27)24(14)2)20(26)17-7-5-15(6-8-17)10-16-4-3-9-22-11-16/h5-8,16,22H,3-4,9-13H2,1-2H3. The molecular formula is C21H26N4O2. The van der Waals surface area contributed by atoms with Crippen LogP contribution in [-0.2, 0) is 26.6 Å². The van der Waals surface area contributed by atoms with Crippen LogP contribution >= 0.6 is 0 Å². The van der Waals surface area contributed by atoms with Gasteiger partial charge in [0.05, 0.1) is 24.3 Å². The first-order chi connectivity index (χ1) is 13.0. The summed E-state index contributed by atoms with van der Waals surface area (Å²) < 4.78 is 1.54. The van der Waals surface area contributed by atoms with Gasteiger partial charge in [-0.15, -0.1) is 0 Å². The first-order valence-corrected chi connectivity index (χ1v) is 9.67. The van der Waals surface area contributed by atoms with Crippen molar-refractivity contribution >= 4 is 5.91 Å². The molecule has 2 aliphatic heterocycles. The van der Waals surface area contributed by atoms with Crippen LogP contribution in [0.25, 0.3) is 0 Å². The summed E-state index contributed by atoms with van der Waals surface area (Å²) in [5.74, 6) is 1.31. The minimum atomic E-state index is -0.0516. The van der Waals surface area contributed by atoms with Crippen molar-refractivity contribution in [2.24, 2.45) is 13.0 Å². The highest BCUT2D eigenvalue weighted by atomic mass is 16.2. The van der Waals surface area contributed by atoms with Gasteiger partial charge in [-0.05, 0) is 62.9 Å². The number of nitrogens with zero attached hydrogens (tertiary/aromatic N) is 3. The SMILES string of the molecule is Cc1nc2c(c(=O)n1C)CN(C(=O)c1ccc(CC3CCCNC3)cc1)C2. The molecule has 27 heavy (non-hydrogen) atoms. The second-order valence-electron chi connectivity index (χ2n) is 7.72. The third kappa shape index (κ3) is 3.54. The molecule has 0 spiro atoms. The van der Waals surface area contributed by atoms with Gasteiger partial charge in [-0.25, -0.2) is 4.98 Å². The highest BCUT2D eigenvalue weighted by Gasteiger charge is 2.28. The Morgan fingerprint density at radius 3 is 2.74 bits per heavy atom. The lowest BCUT2D eigenvalue weighted by atomic mass is 9.92. The molecule has 2 aromatic rings. The van der Waals surface area contributed by atoms with Crippen LogP contribution in [0, 0.1) is 12.8 Å². The van der Waals surface area contributed by atoms with E-state index in [0.29, 0.717) is 36.0 Å². The van der Waals surface area contributed by atoms with Crippen molar-refractivity contribution in [2.45, 2.75) is 39.3 Å². The minimum absolute atomic E-state index is 0.0430. The van der Waals surface area contributed by atoms with E-state index in [2.05, 4.69) is 22.4 Å². The van der Waals surface area contributed by atoms with E-state index in [-0.39, 0.29) is 11.5 Å². The second-order valence-corrected chi connectivity index (χ2v) is 7.72. The molecule has 4 rings (SSSR count). The first-order valence-electron chi connectivity index (χ1n) is 9.67. The number of aryl methyl sites for hydroxylation is 1. The third-order valence-electron chi connectivity index (χ3n) is 5.79. The summed E-state index contributed by atoms with van der Waals surface area (Å²) in [5, 5.41) is 3.45. The molecule has 1 saturated heterocycles. The number of piperidine rings is 1. The largest absolute Gasteiger partial charge is 0.328 e. The molecule has 1 N–H and O–H groups in total. The van der Waals surface area contributed by atoms with Gasteiger partial charge in [-0.1, -0.05) is 12.1 Å². The van der Waals surface area contributed by atoms with Crippen molar-refractivity contribution in [2.75, 3.05) is 13.1 Å². The van der Waals surface area contributed by atoms with Crippen molar-refractivity contribution < 1.29 is 4.79 Å². The Kier molecular flexibility index (Phi) is 4.83. The summed E-state index contributed by atoms with van der Waals surface area (Å²) in [6.45, 7) is 4.75. The van der Waals surface area contributed by atoms with Crippen LogP contribution in [0.3, 0.4) is 0 Å². The lowest BCUT2D eigenvalue weighted by Gasteiger charge is -2.22. The van der Waals surface area contributed by atoms with Gasteiger partial charge < -0.3 is 10.2 Å². The Bertz CT molecular complexity index is 911. The Hall–Kier alpha value is -2.47. The zero-order valence-electron chi connectivity index (χ0n) is 16.0. The quantitative estimate of drug-likeness (QED) is 0.899. The molecule has 142 valence electrons. The number of carbonyl (C=O) groups excluding carboxylic acids is 1. The van der Waals surface area contributed by atoms with E-state index in [4.69, 9.17) is 0 Å². The van der Waals surface area contributed by atoms with Gasteiger partial charge in [0.2, 0.25) is 0 Å². The molecule has 3 heterocycles. The predicted molar refractivity (Wildman–Crippen MR) is 104 cm³/mol. The lowest BCUT2D eigenvalue weighted by molar-refractivity contribution is 0.0750. The van der Waals surface area contributed by atoms with Crippen molar-refractivity contribution in [3.8, 4) is 0 Å². The number of nitrogens with one attached hydrogen (secondary N) is 1. The monoisotopic (exact) mass is 366 g/mol. The molecule has 0 bridgehead atoms. The maximum Gasteiger partial charge on any atom is 0.258 e. The predicted octanol–water partition coefficient (Wildman–Crippen LogP) is 1.79. The fraction of sp³-hybridized carbons (Fsp3) is 0.476. The topological polar surface area (TPSA) is 67.2 Å². The van der Waals surface area contributed by atoms with Crippen molar-refractivity contribution in [1.29, 1.82) is 0 Å². The van der Waals surface area contributed by atoms with E-state index in [1.54, 1.807) is 16.5 Å². The fourth-order valence-electron chi connectivity index (χ4n) is 4.07. The van der Waals surface area contributed by atoms with Crippen LogP contribution in [0.5, 0.6) is 0 Å². The molecule has 1 aromatic carbocycles. The smallest absolute Gasteiger partial charge is 0.258 e. The molecule has 0 saturated carbocycles. The van der Waals surface area contributed by atoms with E-state index in [0.717, 1.165) is 25.2 Å². The van der Waals surface area contributed by atoms with Crippen molar-refractivity contribution in [1.82, 2.24) is 19.8 Å². The summed E-state index contributed by atoms with van der Waals surface area (Å²) in [6.07, 6.45) is 3.56. The lowest BCUT2D eigenvalue weighted by Crippen LogP contribution is -2.30. The van der Waals surface area contributed by atoms with Crippen LogP contribution in [0.1, 0.15) is 45.8 Å². The van der Waals surface area contributed by atoms with Gasteiger partial charge in [-0.3, -0.25) is 14.2 Å². The van der Waals surface area contributed by atoms with Gasteiger partial charge in [0.1, 0.15) is 5.82 Å². The van der Waals surface area contributed by atoms with Gasteiger partial charge in [0.15, 0.2) is 0 Å². The first kappa shape index (κ1) is 17.9. The third-order valence-corrected chi connectivity index (χ3v) is 5.79. The maximum absolute atomic E-state index is 12.9. The maximum atomic E-state index is 12.9. The molecule has 6 nitrogen and oxygen atoms in total. The highest BCUT2D eigenvalue weighted by Crippen LogP contribution is 2.22. The Labute approximate surface area is 159 Å². The van der Waals surface area contributed by atoms with Crippen molar-refractivity contribution in [3.05, 3.63) is 62.8 Å². The van der Waals surface area contributed by atoms with E-state index in [9.17, 15) is 9.59 Å².